The topological polar surface area (TPSA) is 44.8 Å². The molecule has 1 saturated carbocycles. The van der Waals surface area contributed by atoms with E-state index in [2.05, 4.69) is 18.1 Å². The van der Waals surface area contributed by atoms with Gasteiger partial charge in [0.2, 0.25) is 0 Å². The monoisotopic (exact) mass is 370 g/mol. The average Bonchev–Trinajstić information content (AvgIpc) is 2.69. The minimum Gasteiger partial charge on any atom is -0.488 e. The number of hydrogen-bond acceptors (Lipinski definition) is 4. The van der Waals surface area contributed by atoms with Crippen molar-refractivity contribution in [1.29, 1.82) is 0 Å². The molecule has 0 aromatic heterocycles. The van der Waals surface area contributed by atoms with Crippen LogP contribution in [0.15, 0.2) is 54.6 Å². The maximum Gasteiger partial charge on any atom is 0.305 e. The van der Waals surface area contributed by atoms with Gasteiger partial charge in [-0.2, -0.15) is 4.21 Å². The smallest absolute Gasteiger partial charge is 0.305 e. The molecular formula is C21H22O4S. The molecule has 0 heterocycles. The van der Waals surface area contributed by atoms with Crippen LogP contribution < -0.4 is 4.74 Å². The summed E-state index contributed by atoms with van der Waals surface area (Å²) in [5.41, 5.74) is 2.30. The van der Waals surface area contributed by atoms with E-state index in [1.165, 1.54) is 5.56 Å². The van der Waals surface area contributed by atoms with Gasteiger partial charge in [0.1, 0.15) is 24.6 Å². The first-order chi connectivity index (χ1) is 12.8. The van der Waals surface area contributed by atoms with Crippen molar-refractivity contribution in [3.63, 3.8) is 0 Å². The SMILES string of the molecule is C#CCOS(=O)OC1CCCCC1Oc1ccc(-c2ccccc2)cc1. The summed E-state index contributed by atoms with van der Waals surface area (Å²) in [6.07, 6.45) is 8.41. The van der Waals surface area contributed by atoms with Crippen LogP contribution in [0.25, 0.3) is 11.1 Å². The standard InChI is InChI=1S/C21H22O4S/c1-2-16-23-26(22)25-21-11-7-6-10-20(21)24-19-14-12-18(13-15-19)17-8-4-3-5-9-17/h1,3-5,8-9,12-15,20-21H,6-7,10-11,16H2. The first kappa shape index (κ1) is 18.7. The Morgan fingerprint density at radius 2 is 1.62 bits per heavy atom. The van der Waals surface area contributed by atoms with Gasteiger partial charge in [0.25, 0.3) is 0 Å². The van der Waals surface area contributed by atoms with E-state index in [9.17, 15) is 4.21 Å². The molecule has 4 nitrogen and oxygen atoms in total. The molecule has 0 N–H and O–H groups in total. The molecule has 0 bridgehead atoms. The van der Waals surface area contributed by atoms with Crippen LogP contribution in [0.1, 0.15) is 25.7 Å². The fourth-order valence-corrected chi connectivity index (χ4v) is 3.69. The highest BCUT2D eigenvalue weighted by molar-refractivity contribution is 7.75. The minimum absolute atomic E-state index is 0.0359. The van der Waals surface area contributed by atoms with Crippen LogP contribution in [-0.2, 0) is 19.7 Å². The Labute approximate surface area is 157 Å². The minimum atomic E-state index is -1.85. The molecule has 0 spiro atoms. The summed E-state index contributed by atoms with van der Waals surface area (Å²) in [6.45, 7) is -0.0359. The van der Waals surface area contributed by atoms with Gasteiger partial charge in [0.05, 0.1) is 0 Å². The second-order valence-electron chi connectivity index (χ2n) is 6.14. The first-order valence-corrected chi connectivity index (χ1v) is 9.74. The molecule has 1 aliphatic carbocycles. The highest BCUT2D eigenvalue weighted by Gasteiger charge is 2.30. The van der Waals surface area contributed by atoms with Crippen molar-refractivity contribution in [1.82, 2.24) is 0 Å². The van der Waals surface area contributed by atoms with Crippen molar-refractivity contribution in [2.75, 3.05) is 6.61 Å². The third kappa shape index (κ3) is 5.18. The highest BCUT2D eigenvalue weighted by Crippen LogP contribution is 2.28. The van der Waals surface area contributed by atoms with Crippen LogP contribution in [0, 0.1) is 12.3 Å². The zero-order valence-electron chi connectivity index (χ0n) is 14.5. The lowest BCUT2D eigenvalue weighted by Crippen LogP contribution is -2.37. The number of benzene rings is 2. The molecule has 0 radical (unpaired) electrons. The largest absolute Gasteiger partial charge is 0.488 e. The van der Waals surface area contributed by atoms with Gasteiger partial charge in [-0.3, -0.25) is 8.37 Å². The summed E-state index contributed by atoms with van der Waals surface area (Å²) in [4.78, 5) is 0. The van der Waals surface area contributed by atoms with Gasteiger partial charge in [-0.05, 0) is 42.5 Å². The second kappa shape index (κ2) is 9.54. The lowest BCUT2D eigenvalue weighted by Gasteiger charge is -2.30. The molecule has 2 aromatic carbocycles. The Kier molecular flexibility index (Phi) is 6.84. The number of hydrogen-bond donors (Lipinski definition) is 0. The van der Waals surface area contributed by atoms with E-state index in [-0.39, 0.29) is 18.8 Å². The number of terminal acetylenes is 1. The summed E-state index contributed by atoms with van der Waals surface area (Å²) < 4.78 is 28.3. The van der Waals surface area contributed by atoms with E-state index in [1.54, 1.807) is 0 Å². The predicted molar refractivity (Wildman–Crippen MR) is 103 cm³/mol. The zero-order valence-corrected chi connectivity index (χ0v) is 15.3. The molecule has 3 rings (SSSR count). The molecule has 5 heteroatoms. The normalized spacial score (nSPS) is 20.9. The summed E-state index contributed by atoms with van der Waals surface area (Å²) in [6, 6.07) is 18.2. The maximum absolute atomic E-state index is 11.8. The van der Waals surface area contributed by atoms with E-state index < -0.39 is 11.4 Å². The van der Waals surface area contributed by atoms with Crippen molar-refractivity contribution in [2.45, 2.75) is 37.9 Å². The summed E-state index contributed by atoms with van der Waals surface area (Å²) in [5.74, 6) is 3.06. The number of rotatable bonds is 7. The first-order valence-electron chi connectivity index (χ1n) is 8.74. The van der Waals surface area contributed by atoms with E-state index in [4.69, 9.17) is 19.5 Å². The molecule has 0 aliphatic heterocycles. The Morgan fingerprint density at radius 1 is 0.962 bits per heavy atom. The van der Waals surface area contributed by atoms with Crippen molar-refractivity contribution in [3.05, 3.63) is 54.6 Å². The molecule has 3 atom stereocenters. The molecule has 2 aromatic rings. The summed E-state index contributed by atoms with van der Waals surface area (Å²) >= 11 is -1.85. The maximum atomic E-state index is 11.8. The molecule has 0 amide bonds. The highest BCUT2D eigenvalue weighted by atomic mass is 32.2. The summed E-state index contributed by atoms with van der Waals surface area (Å²) in [7, 11) is 0. The fraction of sp³-hybridized carbons (Fsp3) is 0.333. The van der Waals surface area contributed by atoms with Crippen LogP contribution >= 0.6 is 0 Å². The van der Waals surface area contributed by atoms with Crippen molar-refractivity contribution >= 4 is 11.4 Å². The zero-order chi connectivity index (χ0) is 18.2. The third-order valence-electron chi connectivity index (χ3n) is 4.33. The Balaban J connectivity index is 1.62. The van der Waals surface area contributed by atoms with Crippen LogP contribution in [0.2, 0.25) is 0 Å². The fourth-order valence-electron chi connectivity index (χ4n) is 3.05. The van der Waals surface area contributed by atoms with Gasteiger partial charge in [-0.15, -0.1) is 6.42 Å². The predicted octanol–water partition coefficient (Wildman–Crippen LogP) is 4.29. The van der Waals surface area contributed by atoms with Crippen LogP contribution in [0.3, 0.4) is 0 Å². The van der Waals surface area contributed by atoms with Gasteiger partial charge in [0, 0.05) is 0 Å². The molecule has 136 valence electrons. The van der Waals surface area contributed by atoms with Crippen LogP contribution in [0.4, 0.5) is 0 Å². The molecule has 26 heavy (non-hydrogen) atoms. The van der Waals surface area contributed by atoms with Gasteiger partial charge in [-0.25, -0.2) is 0 Å². The lowest BCUT2D eigenvalue weighted by molar-refractivity contribution is 0.0239. The Morgan fingerprint density at radius 3 is 2.31 bits per heavy atom. The van der Waals surface area contributed by atoms with Gasteiger partial charge < -0.3 is 4.74 Å². The molecule has 1 aliphatic rings. The van der Waals surface area contributed by atoms with E-state index in [0.717, 1.165) is 37.0 Å². The molecule has 1 fully saturated rings. The molecule has 0 saturated heterocycles. The molecule has 3 unspecified atom stereocenters. The summed E-state index contributed by atoms with van der Waals surface area (Å²) in [5, 5.41) is 0. The molecular weight excluding hydrogens is 348 g/mol. The van der Waals surface area contributed by atoms with Gasteiger partial charge >= 0.3 is 11.4 Å². The average molecular weight is 370 g/mol. The second-order valence-corrected chi connectivity index (χ2v) is 6.97. The van der Waals surface area contributed by atoms with Gasteiger partial charge in [-0.1, -0.05) is 54.8 Å². The quantitative estimate of drug-likeness (QED) is 0.682. The van der Waals surface area contributed by atoms with Gasteiger partial charge in [0.15, 0.2) is 0 Å². The number of ether oxygens (including phenoxy) is 1. The van der Waals surface area contributed by atoms with Crippen molar-refractivity contribution in [3.8, 4) is 29.2 Å². The Bertz CT molecular complexity index is 752. The van der Waals surface area contributed by atoms with E-state index in [1.807, 2.05) is 42.5 Å². The van der Waals surface area contributed by atoms with E-state index in [0.29, 0.717) is 0 Å². The van der Waals surface area contributed by atoms with Crippen molar-refractivity contribution < 1.29 is 17.3 Å². The van der Waals surface area contributed by atoms with Crippen LogP contribution in [-0.4, -0.2) is 23.0 Å². The van der Waals surface area contributed by atoms with Crippen molar-refractivity contribution in [2.24, 2.45) is 0 Å². The third-order valence-corrected chi connectivity index (χ3v) is 5.05. The van der Waals surface area contributed by atoms with E-state index >= 15 is 0 Å². The van der Waals surface area contributed by atoms with Crippen LogP contribution in [0.5, 0.6) is 5.75 Å². The Hall–Kier alpha value is -2.13. The lowest BCUT2D eigenvalue weighted by atomic mass is 9.95.